The first-order valence-electron chi connectivity index (χ1n) is 7.16. The lowest BCUT2D eigenvalue weighted by Crippen LogP contribution is -2.16. The van der Waals surface area contributed by atoms with Crippen molar-refractivity contribution in [1.82, 2.24) is 0 Å². The molecule has 4 aliphatic rings. The Morgan fingerprint density at radius 1 is 0.800 bits per heavy atom. The van der Waals surface area contributed by atoms with Crippen LogP contribution in [0.5, 0.6) is 0 Å². The van der Waals surface area contributed by atoms with Crippen LogP contribution in [0.15, 0.2) is 0 Å². The van der Waals surface area contributed by atoms with Gasteiger partial charge in [-0.2, -0.15) is 0 Å². The van der Waals surface area contributed by atoms with E-state index in [0.29, 0.717) is 5.41 Å². The van der Waals surface area contributed by atoms with Crippen LogP contribution in [0, 0.1) is 34.5 Å². The van der Waals surface area contributed by atoms with Crippen LogP contribution < -0.4 is 0 Å². The average molecular weight is 204 g/mol. The van der Waals surface area contributed by atoms with Crippen molar-refractivity contribution in [2.24, 2.45) is 34.5 Å². The first kappa shape index (κ1) is 9.07. The highest BCUT2D eigenvalue weighted by atomic mass is 14.9. The molecule has 0 N–H and O–H groups in total. The van der Waals surface area contributed by atoms with Crippen LogP contribution >= 0.6 is 0 Å². The Kier molecular flexibility index (Phi) is 1.49. The molecule has 0 amide bonds. The van der Waals surface area contributed by atoms with E-state index in [1.165, 1.54) is 30.1 Å². The molecule has 4 atom stereocenters. The van der Waals surface area contributed by atoms with Crippen LogP contribution in [0.3, 0.4) is 0 Å². The zero-order valence-corrected chi connectivity index (χ0v) is 10.3. The van der Waals surface area contributed by atoms with Gasteiger partial charge in [-0.1, -0.05) is 26.7 Å². The highest BCUT2D eigenvalue weighted by molar-refractivity contribution is 5.30. The van der Waals surface area contributed by atoms with E-state index in [9.17, 15) is 0 Å². The van der Waals surface area contributed by atoms with Crippen molar-refractivity contribution in [2.75, 3.05) is 0 Å². The number of fused-ring (bicyclic) bond motifs is 6. The van der Waals surface area contributed by atoms with Crippen molar-refractivity contribution in [2.45, 2.75) is 58.8 Å². The van der Waals surface area contributed by atoms with Crippen LogP contribution in [0.2, 0.25) is 0 Å². The van der Waals surface area contributed by atoms with Gasteiger partial charge in [-0.25, -0.2) is 0 Å². The highest BCUT2D eigenvalue weighted by Crippen LogP contribution is 2.88. The van der Waals surface area contributed by atoms with Crippen LogP contribution in [-0.4, -0.2) is 0 Å². The molecule has 0 aromatic carbocycles. The summed E-state index contributed by atoms with van der Waals surface area (Å²) < 4.78 is 0. The maximum Gasteiger partial charge on any atom is -0.0173 e. The first-order valence-corrected chi connectivity index (χ1v) is 7.16. The van der Waals surface area contributed by atoms with E-state index >= 15 is 0 Å². The summed E-state index contributed by atoms with van der Waals surface area (Å²) in [5.74, 6) is 4.78. The molecule has 0 aromatic heterocycles. The molecule has 0 radical (unpaired) electrons. The van der Waals surface area contributed by atoms with Crippen molar-refractivity contribution in [1.29, 1.82) is 0 Å². The fourth-order valence-electron chi connectivity index (χ4n) is 5.92. The zero-order chi connectivity index (χ0) is 10.3. The second kappa shape index (κ2) is 2.46. The van der Waals surface area contributed by atoms with E-state index in [1.807, 2.05) is 0 Å². The molecule has 0 heteroatoms. The van der Waals surface area contributed by atoms with Gasteiger partial charge in [-0.05, 0) is 66.6 Å². The molecular weight excluding hydrogens is 180 g/mol. The Labute approximate surface area is 93.8 Å². The molecule has 4 unspecified atom stereocenters. The Balaban J connectivity index is 1.58. The molecule has 4 saturated carbocycles. The summed E-state index contributed by atoms with van der Waals surface area (Å²) in [6.45, 7) is 5.00. The van der Waals surface area contributed by atoms with Gasteiger partial charge in [0.2, 0.25) is 0 Å². The molecule has 0 aromatic rings. The molecule has 4 fully saturated rings. The molecule has 0 saturated heterocycles. The van der Waals surface area contributed by atoms with Gasteiger partial charge in [0.1, 0.15) is 0 Å². The maximum absolute atomic E-state index is 2.50. The van der Waals surface area contributed by atoms with Crippen molar-refractivity contribution in [3.63, 3.8) is 0 Å². The summed E-state index contributed by atoms with van der Waals surface area (Å²) in [6, 6.07) is 0. The third-order valence-electron chi connectivity index (χ3n) is 6.51. The Morgan fingerprint density at radius 2 is 1.40 bits per heavy atom. The third kappa shape index (κ3) is 0.953. The maximum atomic E-state index is 2.50. The molecule has 1 spiro atoms. The predicted molar refractivity (Wildman–Crippen MR) is 62.5 cm³/mol. The van der Waals surface area contributed by atoms with E-state index in [-0.39, 0.29) is 0 Å². The normalized spacial score (nSPS) is 59.6. The summed E-state index contributed by atoms with van der Waals surface area (Å²) in [7, 11) is 0. The zero-order valence-electron chi connectivity index (χ0n) is 10.3. The smallest absolute Gasteiger partial charge is 0.0173 e. The van der Waals surface area contributed by atoms with Gasteiger partial charge in [-0.3, -0.25) is 0 Å². The average Bonchev–Trinajstić information content (AvgIpc) is 3.04. The van der Waals surface area contributed by atoms with Crippen molar-refractivity contribution >= 4 is 0 Å². The topological polar surface area (TPSA) is 0 Å². The summed E-state index contributed by atoms with van der Waals surface area (Å²) in [4.78, 5) is 0. The van der Waals surface area contributed by atoms with E-state index < -0.39 is 0 Å². The van der Waals surface area contributed by atoms with E-state index in [2.05, 4.69) is 13.8 Å². The van der Waals surface area contributed by atoms with E-state index in [0.717, 1.165) is 5.41 Å². The van der Waals surface area contributed by atoms with Gasteiger partial charge < -0.3 is 0 Å². The molecule has 0 aliphatic heterocycles. The van der Waals surface area contributed by atoms with Gasteiger partial charge in [0, 0.05) is 0 Å². The van der Waals surface area contributed by atoms with Crippen LogP contribution in [0.1, 0.15) is 58.8 Å². The Hall–Kier alpha value is 0. The summed E-state index contributed by atoms with van der Waals surface area (Å²) in [5.41, 5.74) is 1.63. The summed E-state index contributed by atoms with van der Waals surface area (Å²) in [5, 5.41) is 0. The van der Waals surface area contributed by atoms with E-state index in [1.54, 1.807) is 38.5 Å². The molecule has 84 valence electrons. The largest absolute Gasteiger partial charge is 0.0599 e. The molecule has 0 bridgehead atoms. The number of hydrogen-bond acceptors (Lipinski definition) is 0. The van der Waals surface area contributed by atoms with Gasteiger partial charge >= 0.3 is 0 Å². The monoisotopic (exact) mass is 204 g/mol. The highest BCUT2D eigenvalue weighted by Gasteiger charge is 2.83. The number of rotatable bonds is 0. The van der Waals surface area contributed by atoms with E-state index in [4.69, 9.17) is 0 Å². The SMILES string of the molecule is CC1(C)CCC2C(C1)C21C2CCCCC21. The minimum absolute atomic E-state index is 0.677. The number of hydrogen-bond donors (Lipinski definition) is 0. The lowest BCUT2D eigenvalue weighted by atomic mass is 9.78. The standard InChI is InChI=1S/C15H24/c1-14(2)8-7-12-13(9-14)15(12)10-5-3-4-6-11(10)15/h10-13H,3-9H2,1-2H3. The van der Waals surface area contributed by atoms with Gasteiger partial charge in [0.05, 0.1) is 0 Å². The molecule has 15 heavy (non-hydrogen) atoms. The minimum Gasteiger partial charge on any atom is -0.0599 e. The molecule has 4 aliphatic carbocycles. The second-order valence-electron chi connectivity index (χ2n) is 7.62. The van der Waals surface area contributed by atoms with Gasteiger partial charge in [0.15, 0.2) is 0 Å². The lowest BCUT2D eigenvalue weighted by molar-refractivity contribution is 0.233. The fourth-order valence-corrected chi connectivity index (χ4v) is 5.92. The van der Waals surface area contributed by atoms with Crippen LogP contribution in [0.25, 0.3) is 0 Å². The predicted octanol–water partition coefficient (Wildman–Crippen LogP) is 4.25. The molecule has 0 heterocycles. The molecule has 4 rings (SSSR count). The summed E-state index contributed by atoms with van der Waals surface area (Å²) in [6.07, 6.45) is 10.9. The van der Waals surface area contributed by atoms with Crippen LogP contribution in [-0.2, 0) is 0 Å². The lowest BCUT2D eigenvalue weighted by Gasteiger charge is -2.28. The summed E-state index contributed by atoms with van der Waals surface area (Å²) >= 11 is 0. The van der Waals surface area contributed by atoms with Gasteiger partial charge in [-0.15, -0.1) is 0 Å². The molecule has 0 nitrogen and oxygen atoms in total. The van der Waals surface area contributed by atoms with Crippen molar-refractivity contribution in [3.05, 3.63) is 0 Å². The first-order chi connectivity index (χ1) is 7.16. The molecular formula is C15H24. The van der Waals surface area contributed by atoms with Crippen molar-refractivity contribution < 1.29 is 0 Å². The van der Waals surface area contributed by atoms with Crippen molar-refractivity contribution in [3.8, 4) is 0 Å². The Morgan fingerprint density at radius 3 is 2.00 bits per heavy atom. The fraction of sp³-hybridized carbons (Fsp3) is 1.00. The minimum atomic E-state index is 0.677. The second-order valence-corrected chi connectivity index (χ2v) is 7.62. The Bertz CT molecular complexity index is 289. The quantitative estimate of drug-likeness (QED) is 0.553. The van der Waals surface area contributed by atoms with Gasteiger partial charge in [0.25, 0.3) is 0 Å². The van der Waals surface area contributed by atoms with Crippen LogP contribution in [0.4, 0.5) is 0 Å². The third-order valence-corrected chi connectivity index (χ3v) is 6.51.